The van der Waals surface area contributed by atoms with Crippen molar-refractivity contribution in [3.63, 3.8) is 0 Å². The van der Waals surface area contributed by atoms with E-state index in [0.717, 1.165) is 5.56 Å². The Morgan fingerprint density at radius 1 is 1.11 bits per heavy atom. The van der Waals surface area contributed by atoms with E-state index in [4.69, 9.17) is 18.9 Å². The minimum Gasteiger partial charge on any atom is -0.497 e. The molecule has 1 atom stereocenters. The first-order chi connectivity index (χ1) is 17.8. The molecule has 0 fully saturated rings. The number of methoxy groups -OCH3 is 2. The summed E-state index contributed by atoms with van der Waals surface area (Å²) in [5, 5.41) is 0. The Kier molecular flexibility index (Phi) is 7.83. The Labute approximate surface area is 219 Å². The van der Waals surface area contributed by atoms with E-state index in [0.29, 0.717) is 50.0 Å². The lowest BCUT2D eigenvalue weighted by Gasteiger charge is -2.25. The number of carbonyl (C=O) groups is 1. The van der Waals surface area contributed by atoms with Gasteiger partial charge in [-0.05, 0) is 69.7 Å². The smallest absolute Gasteiger partial charge is 0.338 e. The first-order valence-electron chi connectivity index (χ1n) is 12.0. The van der Waals surface area contributed by atoms with Crippen molar-refractivity contribution in [2.24, 2.45) is 4.99 Å². The molecule has 2 heterocycles. The largest absolute Gasteiger partial charge is 0.497 e. The van der Waals surface area contributed by atoms with Gasteiger partial charge in [-0.1, -0.05) is 23.5 Å². The number of fused-ring (bicyclic) bond motifs is 1. The number of benzene rings is 2. The van der Waals surface area contributed by atoms with E-state index >= 15 is 0 Å². The highest BCUT2D eigenvalue weighted by atomic mass is 32.1. The molecule has 4 rings (SSSR count). The van der Waals surface area contributed by atoms with Crippen molar-refractivity contribution in [2.75, 3.05) is 20.8 Å². The molecule has 3 aromatic rings. The van der Waals surface area contributed by atoms with E-state index < -0.39 is 12.0 Å². The van der Waals surface area contributed by atoms with Crippen molar-refractivity contribution < 1.29 is 23.7 Å². The molecular weight excluding hydrogens is 492 g/mol. The average molecular weight is 523 g/mol. The zero-order valence-electron chi connectivity index (χ0n) is 21.7. The summed E-state index contributed by atoms with van der Waals surface area (Å²) < 4.78 is 24.0. The Balaban J connectivity index is 1.93. The molecule has 0 amide bonds. The van der Waals surface area contributed by atoms with Gasteiger partial charge in [0.2, 0.25) is 0 Å². The molecule has 194 valence electrons. The third kappa shape index (κ3) is 5.32. The summed E-state index contributed by atoms with van der Waals surface area (Å²) in [6.07, 6.45) is 1.44. The lowest BCUT2D eigenvalue weighted by atomic mass is 9.96. The van der Waals surface area contributed by atoms with E-state index in [1.807, 2.05) is 31.2 Å². The standard InChI is InChI=1S/C28H30N2O6S/c1-7-35-20-10-8-18(9-11-20)25-24(27(32)36-16(2)3)17(4)29-28-30(25)26(31)23(37-28)15-19-14-21(33-5)12-13-22(19)34-6/h8-16,25H,7H2,1-6H3/b23-15+/t25-/m0/s1. The minimum atomic E-state index is -0.701. The first kappa shape index (κ1) is 26.2. The maximum absolute atomic E-state index is 13.8. The molecule has 2 aromatic carbocycles. The molecule has 0 N–H and O–H groups in total. The molecule has 37 heavy (non-hydrogen) atoms. The van der Waals surface area contributed by atoms with E-state index in [1.165, 1.54) is 11.3 Å². The molecule has 1 aliphatic rings. The summed E-state index contributed by atoms with van der Waals surface area (Å²) >= 11 is 1.25. The molecule has 0 radical (unpaired) electrons. The molecule has 0 saturated carbocycles. The molecule has 1 aromatic heterocycles. The fraction of sp³-hybridized carbons (Fsp3) is 0.321. The fourth-order valence-electron chi connectivity index (χ4n) is 4.18. The number of esters is 1. The number of rotatable bonds is 8. The number of thiazole rings is 1. The third-order valence-corrected chi connectivity index (χ3v) is 6.80. The van der Waals surface area contributed by atoms with Crippen LogP contribution in [-0.4, -0.2) is 37.5 Å². The van der Waals surface area contributed by atoms with Gasteiger partial charge in [-0.15, -0.1) is 0 Å². The van der Waals surface area contributed by atoms with Crippen LogP contribution < -0.4 is 29.1 Å². The van der Waals surface area contributed by atoms with E-state index in [2.05, 4.69) is 4.99 Å². The van der Waals surface area contributed by atoms with Crippen LogP contribution in [0, 0.1) is 0 Å². The number of aromatic nitrogens is 1. The third-order valence-electron chi connectivity index (χ3n) is 5.81. The van der Waals surface area contributed by atoms with Crippen LogP contribution in [0.4, 0.5) is 0 Å². The quantitative estimate of drug-likeness (QED) is 0.420. The first-order valence-corrected chi connectivity index (χ1v) is 12.8. The van der Waals surface area contributed by atoms with Crippen LogP contribution in [0.2, 0.25) is 0 Å². The molecule has 9 heteroatoms. The van der Waals surface area contributed by atoms with Crippen molar-refractivity contribution in [1.29, 1.82) is 0 Å². The SMILES string of the molecule is CCOc1ccc([C@H]2C(C(=O)OC(C)C)=C(C)N=c3s/c(=C/c4cc(OC)ccc4OC)c(=O)n32)cc1. The number of nitrogens with zero attached hydrogens (tertiary/aromatic N) is 2. The van der Waals surface area contributed by atoms with Gasteiger partial charge in [-0.25, -0.2) is 9.79 Å². The fourth-order valence-corrected chi connectivity index (χ4v) is 5.22. The van der Waals surface area contributed by atoms with Crippen LogP contribution in [0.25, 0.3) is 6.08 Å². The summed E-state index contributed by atoms with van der Waals surface area (Å²) in [7, 11) is 3.15. The summed E-state index contributed by atoms with van der Waals surface area (Å²) in [5.74, 6) is 1.45. The van der Waals surface area contributed by atoms with Crippen LogP contribution in [0.3, 0.4) is 0 Å². The number of hydrogen-bond donors (Lipinski definition) is 0. The average Bonchev–Trinajstić information content (AvgIpc) is 3.17. The van der Waals surface area contributed by atoms with Crippen molar-refractivity contribution in [2.45, 2.75) is 39.8 Å². The zero-order valence-corrected chi connectivity index (χ0v) is 22.5. The van der Waals surface area contributed by atoms with Gasteiger partial charge in [0, 0.05) is 5.56 Å². The number of hydrogen-bond acceptors (Lipinski definition) is 8. The van der Waals surface area contributed by atoms with Gasteiger partial charge in [0.05, 0.1) is 48.8 Å². The number of allylic oxidation sites excluding steroid dienone is 1. The molecule has 0 aliphatic carbocycles. The minimum absolute atomic E-state index is 0.269. The molecule has 0 unspecified atom stereocenters. The van der Waals surface area contributed by atoms with Crippen LogP contribution in [0.15, 0.2) is 63.5 Å². The molecule has 0 spiro atoms. The summed E-state index contributed by atoms with van der Waals surface area (Å²) in [6, 6.07) is 12.1. The Morgan fingerprint density at radius 2 is 1.81 bits per heavy atom. The number of carbonyl (C=O) groups excluding carboxylic acids is 1. The second kappa shape index (κ2) is 11.0. The maximum atomic E-state index is 13.8. The van der Waals surface area contributed by atoms with Crippen LogP contribution in [0.5, 0.6) is 17.2 Å². The predicted molar refractivity (Wildman–Crippen MR) is 142 cm³/mol. The molecule has 0 bridgehead atoms. The molecule has 0 saturated heterocycles. The van der Waals surface area contributed by atoms with Gasteiger partial charge in [-0.2, -0.15) is 0 Å². The molecule has 8 nitrogen and oxygen atoms in total. The van der Waals surface area contributed by atoms with Crippen LogP contribution in [-0.2, 0) is 9.53 Å². The highest BCUT2D eigenvalue weighted by molar-refractivity contribution is 7.07. The van der Waals surface area contributed by atoms with Gasteiger partial charge in [0.15, 0.2) is 4.80 Å². The Morgan fingerprint density at radius 3 is 2.43 bits per heavy atom. The van der Waals surface area contributed by atoms with Crippen molar-refractivity contribution in [3.05, 3.63) is 84.5 Å². The second-order valence-electron chi connectivity index (χ2n) is 8.65. The molecule has 1 aliphatic heterocycles. The normalized spacial score (nSPS) is 15.3. The Hall–Kier alpha value is -3.85. The van der Waals surface area contributed by atoms with E-state index in [9.17, 15) is 9.59 Å². The topological polar surface area (TPSA) is 88.4 Å². The van der Waals surface area contributed by atoms with Crippen molar-refractivity contribution in [3.8, 4) is 17.2 Å². The summed E-state index contributed by atoms with van der Waals surface area (Å²) in [4.78, 5) is 32.2. The van der Waals surface area contributed by atoms with Gasteiger partial charge in [0.1, 0.15) is 17.2 Å². The maximum Gasteiger partial charge on any atom is 0.338 e. The highest BCUT2D eigenvalue weighted by Gasteiger charge is 2.33. The highest BCUT2D eigenvalue weighted by Crippen LogP contribution is 2.32. The van der Waals surface area contributed by atoms with Crippen molar-refractivity contribution >= 4 is 23.4 Å². The molecular formula is C28H30N2O6S. The van der Waals surface area contributed by atoms with Gasteiger partial charge >= 0.3 is 5.97 Å². The van der Waals surface area contributed by atoms with Gasteiger partial charge < -0.3 is 18.9 Å². The van der Waals surface area contributed by atoms with E-state index in [-0.39, 0.29) is 11.7 Å². The lowest BCUT2D eigenvalue weighted by molar-refractivity contribution is -0.143. The van der Waals surface area contributed by atoms with Crippen LogP contribution in [0.1, 0.15) is 44.9 Å². The van der Waals surface area contributed by atoms with Crippen LogP contribution >= 0.6 is 11.3 Å². The summed E-state index contributed by atoms with van der Waals surface area (Å²) in [6.45, 7) is 7.79. The predicted octanol–water partition coefficient (Wildman–Crippen LogP) is 3.60. The Bertz CT molecular complexity index is 1520. The summed E-state index contributed by atoms with van der Waals surface area (Å²) in [5.41, 5.74) is 2.02. The number of ether oxygens (including phenoxy) is 4. The monoisotopic (exact) mass is 522 g/mol. The zero-order chi connectivity index (χ0) is 26.7. The second-order valence-corrected chi connectivity index (χ2v) is 9.65. The van der Waals surface area contributed by atoms with Gasteiger partial charge in [-0.3, -0.25) is 9.36 Å². The lowest BCUT2D eigenvalue weighted by Crippen LogP contribution is -2.40. The van der Waals surface area contributed by atoms with E-state index in [1.54, 1.807) is 63.8 Å². The van der Waals surface area contributed by atoms with Gasteiger partial charge in [0.25, 0.3) is 5.56 Å². The van der Waals surface area contributed by atoms with Crippen molar-refractivity contribution in [1.82, 2.24) is 4.57 Å².